The zero-order valence-corrected chi connectivity index (χ0v) is 6.62. The maximum absolute atomic E-state index is 12.0. The van der Waals surface area contributed by atoms with Gasteiger partial charge >= 0.3 is 12.1 Å². The first kappa shape index (κ1) is 10.4. The fourth-order valence-corrected chi connectivity index (χ4v) is 0.687. The molecule has 0 aliphatic carbocycles. The van der Waals surface area contributed by atoms with E-state index in [2.05, 4.69) is 15.2 Å². The van der Waals surface area contributed by atoms with Crippen LogP contribution in [0, 0.1) is 0 Å². The van der Waals surface area contributed by atoms with Crippen molar-refractivity contribution in [2.24, 2.45) is 0 Å². The summed E-state index contributed by atoms with van der Waals surface area (Å²) in [7, 11) is 0. The summed E-state index contributed by atoms with van der Waals surface area (Å²) in [5, 5.41) is 14.4. The van der Waals surface area contributed by atoms with Gasteiger partial charge in [-0.05, 0) is 0 Å². The minimum Gasteiger partial charge on any atom is -0.481 e. The molecule has 0 aliphatic heterocycles. The van der Waals surface area contributed by atoms with Crippen LogP contribution in [-0.2, 0) is 17.4 Å². The Morgan fingerprint density at radius 1 is 1.50 bits per heavy atom. The van der Waals surface area contributed by atoms with E-state index >= 15 is 0 Å². The number of halogens is 3. The molecule has 0 saturated carbocycles. The second-order valence-electron chi connectivity index (χ2n) is 2.33. The van der Waals surface area contributed by atoms with Crippen LogP contribution < -0.4 is 0 Å². The highest BCUT2D eigenvalue weighted by atomic mass is 19.4. The number of aliphatic carboxylic acids is 1. The second-order valence-corrected chi connectivity index (χ2v) is 2.33. The van der Waals surface area contributed by atoms with Gasteiger partial charge in [0.2, 0.25) is 0 Å². The summed E-state index contributed by atoms with van der Waals surface area (Å²) in [5.41, 5.74) is -1.25. The summed E-state index contributed by atoms with van der Waals surface area (Å²) in [6, 6.07) is 0. The van der Waals surface area contributed by atoms with E-state index in [0.29, 0.717) is 6.20 Å². The van der Waals surface area contributed by atoms with E-state index in [1.54, 1.807) is 0 Å². The summed E-state index contributed by atoms with van der Waals surface area (Å²) in [5.74, 6) is -1.78. The molecular formula is C6H4F3N3O2. The molecule has 76 valence electrons. The fourth-order valence-electron chi connectivity index (χ4n) is 0.687. The number of hydrogen-bond donors (Lipinski definition) is 1. The van der Waals surface area contributed by atoms with Crippen LogP contribution in [0.1, 0.15) is 11.5 Å². The smallest absolute Gasteiger partial charge is 0.435 e. The van der Waals surface area contributed by atoms with Gasteiger partial charge in [0.25, 0.3) is 0 Å². The van der Waals surface area contributed by atoms with Gasteiger partial charge in [-0.2, -0.15) is 18.3 Å². The maximum Gasteiger partial charge on any atom is 0.435 e. The van der Waals surface area contributed by atoms with Gasteiger partial charge < -0.3 is 5.11 Å². The van der Waals surface area contributed by atoms with E-state index in [9.17, 15) is 18.0 Å². The lowest BCUT2D eigenvalue weighted by atomic mass is 10.4. The second kappa shape index (κ2) is 3.56. The first-order chi connectivity index (χ1) is 6.39. The molecule has 0 spiro atoms. The third kappa shape index (κ3) is 2.64. The molecule has 1 N–H and O–H groups in total. The van der Waals surface area contributed by atoms with Crippen molar-refractivity contribution >= 4 is 5.97 Å². The highest BCUT2D eigenvalue weighted by Gasteiger charge is 2.33. The van der Waals surface area contributed by atoms with E-state index in [4.69, 9.17) is 5.11 Å². The predicted molar refractivity (Wildman–Crippen MR) is 36.2 cm³/mol. The van der Waals surface area contributed by atoms with Gasteiger partial charge in [0.05, 0.1) is 6.20 Å². The molecule has 5 nitrogen and oxygen atoms in total. The molecule has 1 heterocycles. The predicted octanol–water partition coefficient (Wildman–Crippen LogP) is 0.517. The monoisotopic (exact) mass is 207 g/mol. The molecule has 0 aromatic carbocycles. The summed E-state index contributed by atoms with van der Waals surface area (Å²) in [6.07, 6.45) is -4.88. The van der Waals surface area contributed by atoms with Gasteiger partial charge in [-0.1, -0.05) is 0 Å². The van der Waals surface area contributed by atoms with Gasteiger partial charge in [-0.3, -0.25) is 4.79 Å². The number of nitrogens with zero attached hydrogens (tertiary/aromatic N) is 3. The molecular weight excluding hydrogens is 203 g/mol. The van der Waals surface area contributed by atoms with E-state index in [-0.39, 0.29) is 0 Å². The minimum atomic E-state index is -4.64. The lowest BCUT2D eigenvalue weighted by molar-refractivity contribution is -0.142. The Bertz CT molecular complexity index is 352. The van der Waals surface area contributed by atoms with E-state index in [1.807, 2.05) is 0 Å². The van der Waals surface area contributed by atoms with Crippen LogP contribution in [0.15, 0.2) is 6.20 Å². The van der Waals surface area contributed by atoms with Gasteiger partial charge in [-0.25, -0.2) is 4.98 Å². The van der Waals surface area contributed by atoms with E-state index in [0.717, 1.165) is 0 Å². The fraction of sp³-hybridized carbons (Fsp3) is 0.333. The number of alkyl halides is 3. The normalized spacial score (nSPS) is 11.4. The van der Waals surface area contributed by atoms with Gasteiger partial charge in [0.15, 0.2) is 11.5 Å². The number of hydrogen-bond acceptors (Lipinski definition) is 4. The molecule has 1 rings (SSSR count). The molecule has 0 radical (unpaired) electrons. The quantitative estimate of drug-likeness (QED) is 0.764. The van der Waals surface area contributed by atoms with E-state index < -0.39 is 30.1 Å². The Morgan fingerprint density at radius 2 is 2.14 bits per heavy atom. The highest BCUT2D eigenvalue weighted by Crippen LogP contribution is 2.26. The standard InChI is InChI=1S/C6H4F3N3O2/c7-6(8,9)3-2-10-12-4(11-3)1-5(13)14/h2H,1H2,(H,13,14). The van der Waals surface area contributed by atoms with Crippen molar-refractivity contribution in [3.05, 3.63) is 17.7 Å². The third-order valence-corrected chi connectivity index (χ3v) is 1.20. The molecule has 8 heteroatoms. The van der Waals surface area contributed by atoms with Crippen LogP contribution in [0.25, 0.3) is 0 Å². The zero-order valence-electron chi connectivity index (χ0n) is 6.62. The molecule has 0 bridgehead atoms. The molecule has 0 unspecified atom stereocenters. The number of carboxylic acids is 1. The van der Waals surface area contributed by atoms with Crippen molar-refractivity contribution in [2.45, 2.75) is 12.6 Å². The number of rotatable bonds is 2. The molecule has 14 heavy (non-hydrogen) atoms. The molecule has 0 atom stereocenters. The topological polar surface area (TPSA) is 76.0 Å². The highest BCUT2D eigenvalue weighted by molar-refractivity contribution is 5.68. The number of carboxylic acid groups (broad SMARTS) is 1. The average Bonchev–Trinajstić information content (AvgIpc) is 2.01. The first-order valence-electron chi connectivity index (χ1n) is 3.37. The van der Waals surface area contributed by atoms with Crippen LogP contribution in [-0.4, -0.2) is 26.3 Å². The molecule has 0 saturated heterocycles. The van der Waals surface area contributed by atoms with Crippen molar-refractivity contribution in [2.75, 3.05) is 0 Å². The Labute approximate surface area is 75.6 Å². The summed E-state index contributed by atoms with van der Waals surface area (Å²) < 4.78 is 36.1. The van der Waals surface area contributed by atoms with Crippen molar-refractivity contribution in [3.8, 4) is 0 Å². The van der Waals surface area contributed by atoms with Gasteiger partial charge in [-0.15, -0.1) is 5.10 Å². The Balaban J connectivity index is 2.95. The SMILES string of the molecule is O=C(O)Cc1nncc(C(F)(F)F)n1. The van der Waals surface area contributed by atoms with Crippen LogP contribution >= 0.6 is 0 Å². The molecule has 0 aliphatic rings. The van der Waals surface area contributed by atoms with Crippen molar-refractivity contribution in [1.29, 1.82) is 0 Å². The number of carbonyl (C=O) groups is 1. The summed E-state index contributed by atoms with van der Waals surface area (Å²) >= 11 is 0. The van der Waals surface area contributed by atoms with Gasteiger partial charge in [0, 0.05) is 0 Å². The minimum absolute atomic E-state index is 0.436. The lowest BCUT2D eigenvalue weighted by Crippen LogP contribution is -2.14. The van der Waals surface area contributed by atoms with Crippen molar-refractivity contribution in [1.82, 2.24) is 15.2 Å². The van der Waals surface area contributed by atoms with Gasteiger partial charge in [0.1, 0.15) is 6.42 Å². The lowest BCUT2D eigenvalue weighted by Gasteiger charge is -2.04. The number of aromatic nitrogens is 3. The Hall–Kier alpha value is -1.73. The maximum atomic E-state index is 12.0. The first-order valence-corrected chi connectivity index (χ1v) is 3.37. The summed E-state index contributed by atoms with van der Waals surface area (Å²) in [6.45, 7) is 0. The molecule has 0 fully saturated rings. The average molecular weight is 207 g/mol. The van der Waals surface area contributed by atoms with Crippen molar-refractivity contribution in [3.63, 3.8) is 0 Å². The zero-order chi connectivity index (χ0) is 10.8. The Kier molecular flexibility index (Phi) is 2.63. The van der Waals surface area contributed by atoms with Crippen molar-refractivity contribution < 1.29 is 23.1 Å². The van der Waals surface area contributed by atoms with Crippen LogP contribution in [0.5, 0.6) is 0 Å². The molecule has 0 amide bonds. The molecule has 1 aromatic rings. The largest absolute Gasteiger partial charge is 0.481 e. The Morgan fingerprint density at radius 3 is 2.64 bits per heavy atom. The summed E-state index contributed by atoms with van der Waals surface area (Å²) in [4.78, 5) is 13.1. The molecule has 1 aromatic heterocycles. The van der Waals surface area contributed by atoms with Crippen LogP contribution in [0.3, 0.4) is 0 Å². The van der Waals surface area contributed by atoms with Crippen LogP contribution in [0.2, 0.25) is 0 Å². The van der Waals surface area contributed by atoms with E-state index in [1.165, 1.54) is 0 Å². The third-order valence-electron chi connectivity index (χ3n) is 1.20. The van der Waals surface area contributed by atoms with Crippen LogP contribution in [0.4, 0.5) is 13.2 Å².